The number of aliphatic hydroxyl groups is 1. The quantitative estimate of drug-likeness (QED) is 0.876. The van der Waals surface area contributed by atoms with E-state index < -0.39 is 0 Å². The van der Waals surface area contributed by atoms with Gasteiger partial charge in [0, 0.05) is 24.7 Å². The lowest BCUT2D eigenvalue weighted by Gasteiger charge is -2.28. The maximum absolute atomic E-state index is 14.0. The molecule has 0 saturated carbocycles. The average molecular weight is 266 g/mol. The molecule has 1 heterocycles. The monoisotopic (exact) mass is 266 g/mol. The first-order valence-corrected chi connectivity index (χ1v) is 7.07. The Morgan fingerprint density at radius 2 is 2.16 bits per heavy atom. The number of nitrogens with two attached hydrogens (primary N) is 1. The van der Waals surface area contributed by atoms with Crippen LogP contribution in [0.25, 0.3) is 0 Å². The Morgan fingerprint density at radius 1 is 1.32 bits per heavy atom. The number of benzene rings is 1. The molecular weight excluding hydrogens is 243 g/mol. The maximum Gasteiger partial charge on any atom is 0.128 e. The first-order valence-electron chi connectivity index (χ1n) is 7.07. The number of halogens is 1. The Hall–Kier alpha value is -0.970. The molecule has 1 aromatic rings. The summed E-state index contributed by atoms with van der Waals surface area (Å²) >= 11 is 0. The standard InChI is InChI=1S/C15H23FN2O/c16-15-8-12(9-17)5-6-13(15)10-18-7-3-1-2-4-14(18)11-19/h5-6,8,14,19H,1-4,7,9-11,17H2. The summed E-state index contributed by atoms with van der Waals surface area (Å²) in [7, 11) is 0. The van der Waals surface area contributed by atoms with E-state index >= 15 is 0 Å². The Morgan fingerprint density at radius 3 is 2.84 bits per heavy atom. The van der Waals surface area contributed by atoms with Crippen molar-refractivity contribution in [2.45, 2.75) is 44.8 Å². The SMILES string of the molecule is NCc1ccc(CN2CCCCCC2CO)c(F)c1. The van der Waals surface area contributed by atoms with E-state index in [1.165, 1.54) is 12.5 Å². The molecule has 1 unspecified atom stereocenters. The first-order chi connectivity index (χ1) is 9.24. The Balaban J connectivity index is 2.09. The zero-order valence-electron chi connectivity index (χ0n) is 11.3. The van der Waals surface area contributed by atoms with Gasteiger partial charge in [0.1, 0.15) is 5.82 Å². The Bertz CT molecular complexity index is 411. The highest BCUT2D eigenvalue weighted by Crippen LogP contribution is 2.20. The number of hydrogen-bond acceptors (Lipinski definition) is 3. The van der Waals surface area contributed by atoms with Gasteiger partial charge in [0.05, 0.1) is 6.61 Å². The lowest BCUT2D eigenvalue weighted by molar-refractivity contribution is 0.117. The van der Waals surface area contributed by atoms with Gasteiger partial charge in [0.15, 0.2) is 0 Å². The fraction of sp³-hybridized carbons (Fsp3) is 0.600. The molecule has 1 atom stereocenters. The van der Waals surface area contributed by atoms with Gasteiger partial charge in [-0.15, -0.1) is 0 Å². The second-order valence-corrected chi connectivity index (χ2v) is 5.29. The number of nitrogens with zero attached hydrogens (tertiary/aromatic N) is 1. The van der Waals surface area contributed by atoms with Crippen molar-refractivity contribution in [2.75, 3.05) is 13.2 Å². The van der Waals surface area contributed by atoms with Crippen LogP contribution in [0.2, 0.25) is 0 Å². The highest BCUT2D eigenvalue weighted by Gasteiger charge is 2.21. The van der Waals surface area contributed by atoms with Gasteiger partial charge in [-0.25, -0.2) is 4.39 Å². The summed E-state index contributed by atoms with van der Waals surface area (Å²) in [4.78, 5) is 2.20. The molecule has 19 heavy (non-hydrogen) atoms. The van der Waals surface area contributed by atoms with Gasteiger partial charge in [-0.05, 0) is 31.0 Å². The molecule has 0 bridgehead atoms. The van der Waals surface area contributed by atoms with Crippen LogP contribution in [-0.2, 0) is 13.1 Å². The van der Waals surface area contributed by atoms with E-state index in [0.29, 0.717) is 18.7 Å². The van der Waals surface area contributed by atoms with Crippen molar-refractivity contribution < 1.29 is 9.50 Å². The zero-order valence-corrected chi connectivity index (χ0v) is 11.3. The number of hydrogen-bond donors (Lipinski definition) is 2. The molecule has 2 rings (SSSR count). The summed E-state index contributed by atoms with van der Waals surface area (Å²) in [5.41, 5.74) is 7.01. The third-order valence-electron chi connectivity index (χ3n) is 3.94. The van der Waals surface area contributed by atoms with Crippen LogP contribution in [0.1, 0.15) is 36.8 Å². The molecule has 1 saturated heterocycles. The summed E-state index contributed by atoms with van der Waals surface area (Å²) in [5, 5.41) is 9.46. The molecule has 1 aromatic carbocycles. The van der Waals surface area contributed by atoms with E-state index in [4.69, 9.17) is 5.73 Å². The summed E-state index contributed by atoms with van der Waals surface area (Å²) in [6.45, 7) is 2.02. The van der Waals surface area contributed by atoms with Crippen LogP contribution in [0.15, 0.2) is 18.2 Å². The van der Waals surface area contributed by atoms with Crippen molar-refractivity contribution in [3.8, 4) is 0 Å². The molecule has 0 aromatic heterocycles. The van der Waals surface area contributed by atoms with E-state index in [1.807, 2.05) is 12.1 Å². The van der Waals surface area contributed by atoms with Gasteiger partial charge in [-0.3, -0.25) is 4.90 Å². The Labute approximate surface area is 114 Å². The first kappa shape index (κ1) is 14.4. The molecule has 0 spiro atoms. The van der Waals surface area contributed by atoms with Gasteiger partial charge in [0.2, 0.25) is 0 Å². The van der Waals surface area contributed by atoms with E-state index in [-0.39, 0.29) is 18.5 Å². The van der Waals surface area contributed by atoms with Crippen LogP contribution in [0.4, 0.5) is 4.39 Å². The molecular formula is C15H23FN2O. The van der Waals surface area contributed by atoms with Gasteiger partial charge in [-0.1, -0.05) is 25.0 Å². The van der Waals surface area contributed by atoms with Crippen molar-refractivity contribution in [3.05, 3.63) is 35.1 Å². The molecule has 3 nitrogen and oxygen atoms in total. The van der Waals surface area contributed by atoms with E-state index in [9.17, 15) is 9.50 Å². The van der Waals surface area contributed by atoms with E-state index in [0.717, 1.165) is 31.4 Å². The van der Waals surface area contributed by atoms with E-state index in [1.54, 1.807) is 0 Å². The predicted octanol–water partition coefficient (Wildman–Crippen LogP) is 2.02. The minimum absolute atomic E-state index is 0.155. The van der Waals surface area contributed by atoms with Crippen molar-refractivity contribution in [1.82, 2.24) is 4.90 Å². The fourth-order valence-corrected chi connectivity index (χ4v) is 2.72. The maximum atomic E-state index is 14.0. The van der Waals surface area contributed by atoms with Crippen LogP contribution < -0.4 is 5.73 Å². The van der Waals surface area contributed by atoms with Crippen molar-refractivity contribution in [1.29, 1.82) is 0 Å². The van der Waals surface area contributed by atoms with Crippen LogP contribution in [0, 0.1) is 5.82 Å². The second kappa shape index (κ2) is 6.98. The molecule has 3 N–H and O–H groups in total. The van der Waals surface area contributed by atoms with Crippen LogP contribution >= 0.6 is 0 Å². The topological polar surface area (TPSA) is 49.5 Å². The minimum Gasteiger partial charge on any atom is -0.395 e. The third kappa shape index (κ3) is 3.75. The number of rotatable bonds is 4. The minimum atomic E-state index is -0.191. The molecule has 1 fully saturated rings. The van der Waals surface area contributed by atoms with Gasteiger partial charge < -0.3 is 10.8 Å². The molecule has 106 valence electrons. The third-order valence-corrected chi connectivity index (χ3v) is 3.94. The lowest BCUT2D eigenvalue weighted by Crippen LogP contribution is -2.37. The second-order valence-electron chi connectivity index (χ2n) is 5.29. The summed E-state index contributed by atoms with van der Waals surface area (Å²) in [5.74, 6) is -0.191. The average Bonchev–Trinajstić information content (AvgIpc) is 2.66. The summed E-state index contributed by atoms with van der Waals surface area (Å²) in [6, 6.07) is 5.37. The van der Waals surface area contributed by atoms with Gasteiger partial charge in [0.25, 0.3) is 0 Å². The molecule has 0 aliphatic carbocycles. The highest BCUT2D eigenvalue weighted by atomic mass is 19.1. The summed E-state index contributed by atoms with van der Waals surface area (Å²) < 4.78 is 14.0. The molecule has 4 heteroatoms. The lowest BCUT2D eigenvalue weighted by atomic mass is 10.1. The summed E-state index contributed by atoms with van der Waals surface area (Å²) in [6.07, 6.45) is 4.47. The largest absolute Gasteiger partial charge is 0.395 e. The van der Waals surface area contributed by atoms with E-state index in [2.05, 4.69) is 4.90 Å². The normalized spacial score (nSPS) is 21.3. The van der Waals surface area contributed by atoms with Gasteiger partial charge in [-0.2, -0.15) is 0 Å². The van der Waals surface area contributed by atoms with Crippen LogP contribution in [0.5, 0.6) is 0 Å². The molecule has 0 radical (unpaired) electrons. The van der Waals surface area contributed by atoms with Crippen LogP contribution in [-0.4, -0.2) is 29.2 Å². The zero-order chi connectivity index (χ0) is 13.7. The highest BCUT2D eigenvalue weighted by molar-refractivity contribution is 5.24. The molecule has 1 aliphatic rings. The number of likely N-dealkylation sites (tertiary alicyclic amines) is 1. The smallest absolute Gasteiger partial charge is 0.128 e. The van der Waals surface area contributed by atoms with Crippen molar-refractivity contribution >= 4 is 0 Å². The van der Waals surface area contributed by atoms with Crippen molar-refractivity contribution in [2.24, 2.45) is 5.73 Å². The fourth-order valence-electron chi connectivity index (χ4n) is 2.72. The van der Waals surface area contributed by atoms with Gasteiger partial charge >= 0.3 is 0 Å². The predicted molar refractivity (Wildman–Crippen MR) is 74.0 cm³/mol. The Kier molecular flexibility index (Phi) is 5.31. The molecule has 1 aliphatic heterocycles. The number of aliphatic hydroxyl groups excluding tert-OH is 1. The van der Waals surface area contributed by atoms with Crippen LogP contribution in [0.3, 0.4) is 0 Å². The van der Waals surface area contributed by atoms with Crippen molar-refractivity contribution in [3.63, 3.8) is 0 Å². The molecule has 0 amide bonds.